The van der Waals surface area contributed by atoms with Crippen LogP contribution in [0, 0.1) is 0 Å². The van der Waals surface area contributed by atoms with Gasteiger partial charge in [-0.05, 0) is 13.8 Å². The van der Waals surface area contributed by atoms with Gasteiger partial charge in [0.05, 0.1) is 4.88 Å². The third kappa shape index (κ3) is 2.36. The van der Waals surface area contributed by atoms with Gasteiger partial charge in [0.2, 0.25) is 0 Å². The fourth-order valence-electron chi connectivity index (χ4n) is 0.870. The van der Waals surface area contributed by atoms with Crippen molar-refractivity contribution in [2.24, 2.45) is 0 Å². The van der Waals surface area contributed by atoms with E-state index >= 15 is 0 Å². The summed E-state index contributed by atoms with van der Waals surface area (Å²) in [5.74, 6) is -0.127. The molecule has 3 nitrogen and oxygen atoms in total. The summed E-state index contributed by atoms with van der Waals surface area (Å²) in [7, 11) is 0. The van der Waals surface area contributed by atoms with Crippen molar-refractivity contribution in [3.8, 4) is 0 Å². The predicted molar refractivity (Wildman–Crippen MR) is 52.3 cm³/mol. The zero-order valence-corrected chi connectivity index (χ0v) is 9.06. The minimum atomic E-state index is -1.74. The molecule has 0 saturated carbocycles. The average Bonchev–Trinajstić information content (AvgIpc) is 2.48. The fourth-order valence-corrected chi connectivity index (χ4v) is 1.84. The molecule has 0 saturated heterocycles. The third-order valence-electron chi connectivity index (χ3n) is 1.75. The number of aliphatic hydroxyl groups excluding tert-OH is 1. The Bertz CT molecular complexity index is 343. The number of rotatable bonds is 3. The molecule has 0 amide bonds. The first-order valence-electron chi connectivity index (χ1n) is 4.16. The SMILES string of the molecule is CC(=O)c1cnc(C(O)C(C)(C)F)s1. The second-order valence-corrected chi connectivity index (χ2v) is 4.65. The maximum absolute atomic E-state index is 13.3. The summed E-state index contributed by atoms with van der Waals surface area (Å²) >= 11 is 1.03. The minimum Gasteiger partial charge on any atom is -0.383 e. The van der Waals surface area contributed by atoms with Gasteiger partial charge in [0.1, 0.15) is 16.8 Å². The molecule has 1 unspecified atom stereocenters. The zero-order chi connectivity index (χ0) is 10.9. The molecule has 0 aliphatic heterocycles. The van der Waals surface area contributed by atoms with E-state index in [2.05, 4.69) is 4.98 Å². The van der Waals surface area contributed by atoms with Crippen molar-refractivity contribution in [3.63, 3.8) is 0 Å². The van der Waals surface area contributed by atoms with E-state index in [0.717, 1.165) is 11.3 Å². The van der Waals surface area contributed by atoms with Crippen molar-refractivity contribution in [2.75, 3.05) is 0 Å². The monoisotopic (exact) mass is 217 g/mol. The van der Waals surface area contributed by atoms with Crippen LogP contribution in [0.4, 0.5) is 4.39 Å². The van der Waals surface area contributed by atoms with Crippen molar-refractivity contribution in [3.05, 3.63) is 16.1 Å². The van der Waals surface area contributed by atoms with E-state index in [-0.39, 0.29) is 10.8 Å². The average molecular weight is 217 g/mol. The van der Waals surface area contributed by atoms with Crippen LogP contribution in [0.3, 0.4) is 0 Å². The van der Waals surface area contributed by atoms with Gasteiger partial charge in [-0.3, -0.25) is 4.79 Å². The standard InChI is InChI=1S/C9H12FNO2S/c1-5(12)6-4-11-8(14-6)7(13)9(2,3)10/h4,7,13H,1-3H3. The lowest BCUT2D eigenvalue weighted by Gasteiger charge is -2.19. The van der Waals surface area contributed by atoms with Crippen LogP contribution < -0.4 is 0 Å². The van der Waals surface area contributed by atoms with Crippen molar-refractivity contribution in [1.29, 1.82) is 0 Å². The normalized spacial score (nSPS) is 14.1. The van der Waals surface area contributed by atoms with Gasteiger partial charge in [0.15, 0.2) is 5.78 Å². The molecule has 78 valence electrons. The number of nitrogens with zero attached hydrogens (tertiary/aromatic N) is 1. The van der Waals surface area contributed by atoms with E-state index in [1.54, 1.807) is 0 Å². The second-order valence-electron chi connectivity index (χ2n) is 3.59. The highest BCUT2D eigenvalue weighted by Crippen LogP contribution is 2.31. The van der Waals surface area contributed by atoms with E-state index in [0.29, 0.717) is 4.88 Å². The van der Waals surface area contributed by atoms with Crippen molar-refractivity contribution in [1.82, 2.24) is 4.98 Å². The van der Waals surface area contributed by atoms with Crippen LogP contribution in [-0.2, 0) is 0 Å². The first-order valence-corrected chi connectivity index (χ1v) is 4.97. The van der Waals surface area contributed by atoms with E-state index in [9.17, 15) is 14.3 Å². The first-order chi connectivity index (χ1) is 6.32. The van der Waals surface area contributed by atoms with Gasteiger partial charge in [-0.2, -0.15) is 0 Å². The molecule has 1 aromatic rings. The lowest BCUT2D eigenvalue weighted by molar-refractivity contribution is 0.0160. The number of ketones is 1. The smallest absolute Gasteiger partial charge is 0.171 e. The number of hydrogen-bond acceptors (Lipinski definition) is 4. The van der Waals surface area contributed by atoms with Crippen LogP contribution in [-0.4, -0.2) is 21.5 Å². The van der Waals surface area contributed by atoms with E-state index in [1.807, 2.05) is 0 Å². The van der Waals surface area contributed by atoms with E-state index < -0.39 is 11.8 Å². The molecular weight excluding hydrogens is 205 g/mol. The van der Waals surface area contributed by atoms with Gasteiger partial charge in [-0.25, -0.2) is 9.37 Å². The second kappa shape index (κ2) is 3.74. The molecule has 0 spiro atoms. The number of aromatic nitrogens is 1. The van der Waals surface area contributed by atoms with Crippen LogP contribution in [0.1, 0.15) is 41.6 Å². The Labute approximate surface area is 85.6 Å². The molecule has 1 heterocycles. The maximum atomic E-state index is 13.3. The lowest BCUT2D eigenvalue weighted by Crippen LogP contribution is -2.23. The summed E-state index contributed by atoms with van der Waals surface area (Å²) in [6.07, 6.45) is 0.0812. The fraction of sp³-hybridized carbons (Fsp3) is 0.556. The third-order valence-corrected chi connectivity index (χ3v) is 2.91. The summed E-state index contributed by atoms with van der Waals surface area (Å²) < 4.78 is 13.3. The highest BCUT2D eigenvalue weighted by Gasteiger charge is 2.31. The van der Waals surface area contributed by atoms with Crippen molar-refractivity contribution >= 4 is 17.1 Å². The van der Waals surface area contributed by atoms with Gasteiger partial charge >= 0.3 is 0 Å². The predicted octanol–water partition coefficient (Wildman–Crippen LogP) is 2.13. The Morgan fingerprint density at radius 3 is 2.64 bits per heavy atom. The highest BCUT2D eigenvalue weighted by atomic mass is 32.1. The van der Waals surface area contributed by atoms with Crippen molar-refractivity contribution in [2.45, 2.75) is 32.5 Å². The topological polar surface area (TPSA) is 50.2 Å². The molecule has 5 heteroatoms. The van der Waals surface area contributed by atoms with Crippen LogP contribution in [0.5, 0.6) is 0 Å². The van der Waals surface area contributed by atoms with Crippen molar-refractivity contribution < 1.29 is 14.3 Å². The van der Waals surface area contributed by atoms with Crippen LogP contribution in [0.25, 0.3) is 0 Å². The Balaban J connectivity index is 2.92. The van der Waals surface area contributed by atoms with Crippen LogP contribution >= 0.6 is 11.3 Å². The number of alkyl halides is 1. The summed E-state index contributed by atoms with van der Waals surface area (Å²) in [4.78, 5) is 15.2. The van der Waals surface area contributed by atoms with Crippen LogP contribution in [0.2, 0.25) is 0 Å². The molecule has 0 radical (unpaired) electrons. The first kappa shape index (κ1) is 11.3. The molecule has 1 atom stereocenters. The molecule has 0 bridgehead atoms. The Morgan fingerprint density at radius 2 is 2.29 bits per heavy atom. The summed E-state index contributed by atoms with van der Waals surface area (Å²) in [5.41, 5.74) is -1.74. The molecule has 0 aliphatic carbocycles. The molecule has 0 aliphatic rings. The van der Waals surface area contributed by atoms with Gasteiger partial charge in [0, 0.05) is 13.1 Å². The van der Waals surface area contributed by atoms with Gasteiger partial charge < -0.3 is 5.11 Å². The molecular formula is C9H12FNO2S. The maximum Gasteiger partial charge on any atom is 0.171 e. The highest BCUT2D eigenvalue weighted by molar-refractivity contribution is 7.13. The number of Topliss-reactive ketones (excluding diaryl/α,β-unsaturated/α-hetero) is 1. The molecule has 1 rings (SSSR count). The molecule has 0 aromatic carbocycles. The Kier molecular flexibility index (Phi) is 3.01. The molecule has 1 N–H and O–H groups in total. The quantitative estimate of drug-likeness (QED) is 0.789. The summed E-state index contributed by atoms with van der Waals surface area (Å²) in [6, 6.07) is 0. The minimum absolute atomic E-state index is 0.127. The number of aliphatic hydroxyl groups is 1. The number of thiazole rings is 1. The largest absolute Gasteiger partial charge is 0.383 e. The number of hydrogen-bond donors (Lipinski definition) is 1. The molecule has 14 heavy (non-hydrogen) atoms. The Hall–Kier alpha value is -0.810. The van der Waals surface area contributed by atoms with Crippen LogP contribution in [0.15, 0.2) is 6.20 Å². The van der Waals surface area contributed by atoms with Gasteiger partial charge in [-0.15, -0.1) is 11.3 Å². The van der Waals surface area contributed by atoms with E-state index in [4.69, 9.17) is 0 Å². The number of carbonyl (C=O) groups is 1. The molecule has 0 fully saturated rings. The lowest BCUT2D eigenvalue weighted by atomic mass is 10.1. The zero-order valence-electron chi connectivity index (χ0n) is 8.24. The number of halogens is 1. The van der Waals surface area contributed by atoms with E-state index in [1.165, 1.54) is 27.0 Å². The number of carbonyl (C=O) groups excluding carboxylic acids is 1. The van der Waals surface area contributed by atoms with Gasteiger partial charge in [-0.1, -0.05) is 0 Å². The Morgan fingerprint density at radius 1 is 1.71 bits per heavy atom. The summed E-state index contributed by atoms with van der Waals surface area (Å²) in [5, 5.41) is 9.75. The summed E-state index contributed by atoms with van der Waals surface area (Å²) in [6.45, 7) is 3.95. The molecule has 1 aromatic heterocycles. The van der Waals surface area contributed by atoms with Gasteiger partial charge in [0.25, 0.3) is 0 Å².